The summed E-state index contributed by atoms with van der Waals surface area (Å²) in [6, 6.07) is 1.43. The number of aliphatic carboxylic acids is 1. The van der Waals surface area contributed by atoms with E-state index in [0.717, 1.165) is 0 Å². The average molecular weight is 323 g/mol. The Labute approximate surface area is 124 Å². The Morgan fingerprint density at radius 3 is 2.63 bits per heavy atom. The number of hydrogen-bond acceptors (Lipinski definition) is 3. The lowest BCUT2D eigenvalue weighted by Gasteiger charge is -2.24. The number of carboxylic acids is 1. The van der Waals surface area contributed by atoms with Crippen molar-refractivity contribution in [1.29, 1.82) is 0 Å². The van der Waals surface area contributed by atoms with Gasteiger partial charge in [-0.3, -0.25) is 4.79 Å². The third-order valence-corrected chi connectivity index (χ3v) is 5.16. The number of carbonyl (C=O) groups is 2. The number of rotatable bonds is 3. The molecule has 0 aliphatic carbocycles. The number of halogens is 2. The van der Waals surface area contributed by atoms with Crippen molar-refractivity contribution in [2.75, 3.05) is 11.5 Å². The minimum absolute atomic E-state index is 0.243. The fourth-order valence-corrected chi connectivity index (χ4v) is 3.63. The summed E-state index contributed by atoms with van der Waals surface area (Å²) in [6.45, 7) is 0. The molecule has 104 valence electrons. The van der Waals surface area contributed by atoms with Crippen LogP contribution >= 0.6 is 35.0 Å². The van der Waals surface area contributed by atoms with Crippen molar-refractivity contribution in [1.82, 2.24) is 9.88 Å². The number of nitrogens with one attached hydrogen (secondary N) is 1. The van der Waals surface area contributed by atoms with Crippen LogP contribution in [0.15, 0.2) is 6.07 Å². The molecule has 19 heavy (non-hydrogen) atoms. The summed E-state index contributed by atoms with van der Waals surface area (Å²) >= 11 is 13.2. The van der Waals surface area contributed by atoms with Crippen LogP contribution < -0.4 is 5.32 Å². The lowest BCUT2D eigenvalue weighted by Crippen LogP contribution is -2.55. The average Bonchev–Trinajstić information content (AvgIpc) is 2.91. The van der Waals surface area contributed by atoms with E-state index in [0.29, 0.717) is 17.9 Å². The fraction of sp³-hybridized carbons (Fsp3) is 0.455. The van der Waals surface area contributed by atoms with E-state index >= 15 is 0 Å². The van der Waals surface area contributed by atoms with E-state index in [9.17, 15) is 14.7 Å². The van der Waals surface area contributed by atoms with Gasteiger partial charge in [-0.25, -0.2) is 4.79 Å². The number of carboxylic acid groups (broad SMARTS) is 1. The van der Waals surface area contributed by atoms with E-state index in [2.05, 4.69) is 5.32 Å². The second-order valence-electron chi connectivity index (χ2n) is 4.37. The van der Waals surface area contributed by atoms with Gasteiger partial charge in [0.15, 0.2) is 0 Å². The van der Waals surface area contributed by atoms with Gasteiger partial charge < -0.3 is 15.0 Å². The topological polar surface area (TPSA) is 71.3 Å². The molecule has 2 N–H and O–H groups in total. The van der Waals surface area contributed by atoms with Crippen LogP contribution in [0.3, 0.4) is 0 Å². The van der Waals surface area contributed by atoms with Crippen LogP contribution in [0, 0.1) is 0 Å². The maximum atomic E-state index is 12.2. The molecule has 1 fully saturated rings. The Bertz CT molecular complexity index is 538. The Hall–Kier alpha value is -0.850. The van der Waals surface area contributed by atoms with Crippen molar-refractivity contribution >= 4 is 46.8 Å². The molecule has 1 saturated heterocycles. The summed E-state index contributed by atoms with van der Waals surface area (Å²) in [5.41, 5.74) is -0.960. The van der Waals surface area contributed by atoms with Crippen molar-refractivity contribution in [3.63, 3.8) is 0 Å². The van der Waals surface area contributed by atoms with Gasteiger partial charge >= 0.3 is 5.97 Å². The predicted molar refractivity (Wildman–Crippen MR) is 75.2 cm³/mol. The highest BCUT2D eigenvalue weighted by Gasteiger charge is 2.43. The minimum Gasteiger partial charge on any atom is -0.479 e. The molecule has 1 aromatic rings. The quantitative estimate of drug-likeness (QED) is 0.893. The molecule has 0 unspecified atom stereocenters. The first-order valence-corrected chi connectivity index (χ1v) is 7.43. The normalized spacial score (nSPS) is 22.5. The standard InChI is InChI=1S/C11H12Cl2N2O3S/c1-15-7(4-6(12)8(15)13)9(16)14-11(10(17)18)2-3-19-5-11/h4H,2-3,5H2,1H3,(H,14,16)(H,17,18)/t11-/m1/s1. The van der Waals surface area contributed by atoms with E-state index < -0.39 is 17.4 Å². The molecule has 1 aromatic heterocycles. The van der Waals surface area contributed by atoms with Crippen molar-refractivity contribution in [2.45, 2.75) is 12.0 Å². The van der Waals surface area contributed by atoms with E-state index in [1.807, 2.05) is 0 Å². The smallest absolute Gasteiger partial charge is 0.330 e. The van der Waals surface area contributed by atoms with E-state index in [-0.39, 0.29) is 15.9 Å². The summed E-state index contributed by atoms with van der Waals surface area (Å²) < 4.78 is 1.43. The molecule has 1 atom stereocenters. The zero-order valence-corrected chi connectivity index (χ0v) is 12.4. The van der Waals surface area contributed by atoms with Crippen LogP contribution in [0.1, 0.15) is 16.9 Å². The number of thioether (sulfide) groups is 1. The number of hydrogen-bond donors (Lipinski definition) is 2. The van der Waals surface area contributed by atoms with Gasteiger partial charge in [0, 0.05) is 12.8 Å². The fourth-order valence-electron chi connectivity index (χ4n) is 1.93. The third-order valence-electron chi connectivity index (χ3n) is 3.13. The molecule has 5 nitrogen and oxygen atoms in total. The molecule has 1 amide bonds. The summed E-state index contributed by atoms with van der Waals surface area (Å²) in [7, 11) is 1.60. The second-order valence-corrected chi connectivity index (χ2v) is 6.24. The van der Waals surface area contributed by atoms with Crippen LogP contribution in [-0.4, -0.2) is 38.6 Å². The highest BCUT2D eigenvalue weighted by atomic mass is 35.5. The molecule has 0 spiro atoms. The van der Waals surface area contributed by atoms with Gasteiger partial charge in [-0.15, -0.1) is 0 Å². The van der Waals surface area contributed by atoms with Gasteiger partial charge in [0.2, 0.25) is 0 Å². The van der Waals surface area contributed by atoms with Gasteiger partial charge in [0.05, 0.1) is 5.02 Å². The molecular formula is C11H12Cl2N2O3S. The number of carbonyl (C=O) groups excluding carboxylic acids is 1. The molecule has 1 aliphatic heterocycles. The monoisotopic (exact) mass is 322 g/mol. The van der Waals surface area contributed by atoms with Gasteiger partial charge in [-0.1, -0.05) is 23.2 Å². The summed E-state index contributed by atoms with van der Waals surface area (Å²) in [5, 5.41) is 12.4. The van der Waals surface area contributed by atoms with E-state index in [4.69, 9.17) is 23.2 Å². The molecular weight excluding hydrogens is 311 g/mol. The zero-order valence-electron chi connectivity index (χ0n) is 10.1. The molecule has 1 aliphatic rings. The zero-order chi connectivity index (χ0) is 14.2. The van der Waals surface area contributed by atoms with Crippen molar-refractivity contribution in [3.05, 3.63) is 21.9 Å². The van der Waals surface area contributed by atoms with Crippen molar-refractivity contribution in [3.8, 4) is 0 Å². The molecule has 8 heteroatoms. The molecule has 0 radical (unpaired) electrons. The van der Waals surface area contributed by atoms with Crippen LogP contribution in [0.2, 0.25) is 10.2 Å². The highest BCUT2D eigenvalue weighted by molar-refractivity contribution is 7.99. The summed E-state index contributed by atoms with van der Waals surface area (Å²) in [4.78, 5) is 23.5. The van der Waals surface area contributed by atoms with Crippen LogP contribution in [0.4, 0.5) is 0 Å². The Kier molecular flexibility index (Phi) is 4.03. The molecule has 0 aromatic carbocycles. The molecule has 0 saturated carbocycles. The largest absolute Gasteiger partial charge is 0.479 e. The summed E-state index contributed by atoms with van der Waals surface area (Å²) in [6.07, 6.45) is 0.407. The predicted octanol–water partition coefficient (Wildman–Crippen LogP) is 2.02. The van der Waals surface area contributed by atoms with Gasteiger partial charge in [0.25, 0.3) is 5.91 Å². The summed E-state index contributed by atoms with van der Waals surface area (Å²) in [5.74, 6) is -0.431. The van der Waals surface area contributed by atoms with Crippen molar-refractivity contribution in [2.24, 2.45) is 7.05 Å². The van der Waals surface area contributed by atoms with Gasteiger partial charge in [-0.2, -0.15) is 11.8 Å². The van der Waals surface area contributed by atoms with Gasteiger partial charge in [-0.05, 0) is 18.2 Å². The molecule has 2 heterocycles. The lowest BCUT2D eigenvalue weighted by atomic mass is 9.99. The number of aromatic nitrogens is 1. The highest BCUT2D eigenvalue weighted by Crippen LogP contribution is 2.30. The Morgan fingerprint density at radius 1 is 1.53 bits per heavy atom. The first-order valence-electron chi connectivity index (χ1n) is 5.52. The lowest BCUT2D eigenvalue weighted by molar-refractivity contribution is -0.143. The SMILES string of the molecule is Cn1c(C(=O)N[C@]2(C(=O)O)CCSC2)cc(Cl)c1Cl. The molecule has 2 rings (SSSR count). The molecule has 0 bridgehead atoms. The Morgan fingerprint density at radius 2 is 2.21 bits per heavy atom. The second kappa shape index (κ2) is 5.26. The van der Waals surface area contributed by atoms with Crippen molar-refractivity contribution < 1.29 is 14.7 Å². The van der Waals surface area contributed by atoms with Crippen LogP contribution in [-0.2, 0) is 11.8 Å². The van der Waals surface area contributed by atoms with E-state index in [1.54, 1.807) is 7.05 Å². The Balaban J connectivity index is 2.25. The first-order chi connectivity index (χ1) is 8.87. The van der Waals surface area contributed by atoms with Crippen LogP contribution in [0.5, 0.6) is 0 Å². The van der Waals surface area contributed by atoms with E-state index in [1.165, 1.54) is 22.4 Å². The number of nitrogens with zero attached hydrogens (tertiary/aromatic N) is 1. The third kappa shape index (κ3) is 2.57. The first kappa shape index (κ1) is 14.6. The number of amides is 1. The maximum Gasteiger partial charge on any atom is 0.330 e. The van der Waals surface area contributed by atoms with Gasteiger partial charge in [0.1, 0.15) is 16.4 Å². The maximum absolute atomic E-state index is 12.2. The minimum atomic E-state index is -1.20. The van der Waals surface area contributed by atoms with Crippen LogP contribution in [0.25, 0.3) is 0 Å².